The molecule has 3 heteroatoms. The Morgan fingerprint density at radius 1 is 1.05 bits per heavy atom. The van der Waals surface area contributed by atoms with Crippen molar-refractivity contribution in [1.29, 1.82) is 0 Å². The van der Waals surface area contributed by atoms with Crippen LogP contribution in [0.4, 0.5) is 0 Å². The van der Waals surface area contributed by atoms with Gasteiger partial charge in [-0.25, -0.2) is 0 Å². The summed E-state index contributed by atoms with van der Waals surface area (Å²) >= 11 is 5.72. The van der Waals surface area contributed by atoms with E-state index in [4.69, 9.17) is 12.2 Å². The van der Waals surface area contributed by atoms with Crippen molar-refractivity contribution in [3.8, 4) is 0 Å². The third-order valence-corrected chi connectivity index (χ3v) is 5.43. The van der Waals surface area contributed by atoms with E-state index in [0.717, 1.165) is 11.5 Å². The molecule has 1 heterocycles. The minimum Gasteiger partial charge on any atom is -0.375 e. The maximum absolute atomic E-state index is 5.72. The first-order valence-electron chi connectivity index (χ1n) is 8.40. The molecule has 2 aliphatic rings. The van der Waals surface area contributed by atoms with Crippen LogP contribution in [0.3, 0.4) is 0 Å². The van der Waals surface area contributed by atoms with Gasteiger partial charge in [-0.3, -0.25) is 4.90 Å². The fourth-order valence-corrected chi connectivity index (χ4v) is 4.20. The molecule has 2 fully saturated rings. The molecule has 21 heavy (non-hydrogen) atoms. The average Bonchev–Trinajstić information content (AvgIpc) is 3.04. The molecule has 114 valence electrons. The Bertz CT molecular complexity index is 454. The molecule has 0 spiro atoms. The summed E-state index contributed by atoms with van der Waals surface area (Å²) < 4.78 is 0. The quantitative estimate of drug-likeness (QED) is 0.853. The highest BCUT2D eigenvalue weighted by atomic mass is 32.1. The highest BCUT2D eigenvalue weighted by Crippen LogP contribution is 2.32. The van der Waals surface area contributed by atoms with Gasteiger partial charge in [-0.05, 0) is 44.3 Å². The fourth-order valence-electron chi connectivity index (χ4n) is 3.85. The molecule has 3 rings (SSSR count). The number of benzene rings is 1. The predicted molar refractivity (Wildman–Crippen MR) is 92.4 cm³/mol. The summed E-state index contributed by atoms with van der Waals surface area (Å²) in [7, 11) is 0. The van der Waals surface area contributed by atoms with Gasteiger partial charge < -0.3 is 5.32 Å². The second-order valence-electron chi connectivity index (χ2n) is 6.40. The molecule has 1 aliphatic heterocycles. The topological polar surface area (TPSA) is 15.3 Å². The molecule has 0 bridgehead atoms. The van der Waals surface area contributed by atoms with Crippen molar-refractivity contribution in [2.45, 2.75) is 51.1 Å². The number of piperidine rings is 1. The Labute approximate surface area is 133 Å². The minimum atomic E-state index is 0.571. The van der Waals surface area contributed by atoms with E-state index in [9.17, 15) is 0 Å². The molecule has 1 saturated carbocycles. The number of rotatable bonds is 4. The lowest BCUT2D eigenvalue weighted by Crippen LogP contribution is -2.45. The van der Waals surface area contributed by atoms with Crippen molar-refractivity contribution < 1.29 is 0 Å². The zero-order valence-corrected chi connectivity index (χ0v) is 13.6. The van der Waals surface area contributed by atoms with Crippen LogP contribution in [-0.4, -0.2) is 29.0 Å². The van der Waals surface area contributed by atoms with Crippen LogP contribution in [0.2, 0.25) is 0 Å². The summed E-state index contributed by atoms with van der Waals surface area (Å²) in [6.07, 6.45) is 8.07. The summed E-state index contributed by atoms with van der Waals surface area (Å²) in [5, 5.41) is 3.51. The van der Waals surface area contributed by atoms with Crippen LogP contribution in [-0.2, 0) is 6.54 Å². The van der Waals surface area contributed by atoms with Gasteiger partial charge in [0.1, 0.15) is 0 Å². The number of likely N-dealkylation sites (tertiary alicyclic amines) is 1. The second kappa shape index (κ2) is 7.37. The first-order valence-corrected chi connectivity index (χ1v) is 8.81. The number of nitrogens with one attached hydrogen (secondary N) is 1. The first-order chi connectivity index (χ1) is 10.3. The predicted octanol–water partition coefficient (Wildman–Crippen LogP) is 3.76. The standard InChI is InChI=1S/C18H26N2S/c21-18(19-14-15-8-3-1-4-9-15)16-10-7-11-17(16)20-12-5-2-6-13-20/h1,3-4,8-9,16-17H,2,5-7,10-14H2,(H,19,21)/t16-,17-/m1/s1. The van der Waals surface area contributed by atoms with E-state index in [-0.39, 0.29) is 0 Å². The van der Waals surface area contributed by atoms with Crippen molar-refractivity contribution in [3.63, 3.8) is 0 Å². The zero-order valence-electron chi connectivity index (χ0n) is 12.8. The first kappa shape index (κ1) is 15.0. The Morgan fingerprint density at radius 2 is 1.81 bits per heavy atom. The maximum Gasteiger partial charge on any atom is 0.0803 e. The van der Waals surface area contributed by atoms with Gasteiger partial charge in [0.05, 0.1) is 4.99 Å². The van der Waals surface area contributed by atoms with Crippen LogP contribution in [0.15, 0.2) is 30.3 Å². The van der Waals surface area contributed by atoms with Gasteiger partial charge in [0.15, 0.2) is 0 Å². The molecule has 0 unspecified atom stereocenters. The van der Waals surface area contributed by atoms with Gasteiger partial charge in [0, 0.05) is 18.5 Å². The van der Waals surface area contributed by atoms with Crippen molar-refractivity contribution >= 4 is 17.2 Å². The highest BCUT2D eigenvalue weighted by molar-refractivity contribution is 7.80. The number of nitrogens with zero attached hydrogens (tertiary/aromatic N) is 1. The Kier molecular flexibility index (Phi) is 5.26. The van der Waals surface area contributed by atoms with Crippen molar-refractivity contribution in [1.82, 2.24) is 10.2 Å². The van der Waals surface area contributed by atoms with E-state index in [1.807, 2.05) is 0 Å². The van der Waals surface area contributed by atoms with Crippen LogP contribution in [0.1, 0.15) is 44.1 Å². The average molecular weight is 302 g/mol. The van der Waals surface area contributed by atoms with E-state index < -0.39 is 0 Å². The molecule has 1 aromatic carbocycles. The molecule has 1 aromatic rings. The monoisotopic (exact) mass is 302 g/mol. The van der Waals surface area contributed by atoms with Crippen LogP contribution >= 0.6 is 12.2 Å². The Morgan fingerprint density at radius 3 is 2.57 bits per heavy atom. The summed E-state index contributed by atoms with van der Waals surface area (Å²) in [6.45, 7) is 3.42. The van der Waals surface area contributed by atoms with Gasteiger partial charge >= 0.3 is 0 Å². The van der Waals surface area contributed by atoms with Crippen molar-refractivity contribution in [2.75, 3.05) is 13.1 Å². The van der Waals surface area contributed by atoms with Crippen LogP contribution in [0, 0.1) is 5.92 Å². The molecule has 0 radical (unpaired) electrons. The number of hydrogen-bond acceptors (Lipinski definition) is 2. The zero-order chi connectivity index (χ0) is 14.5. The third kappa shape index (κ3) is 3.83. The van der Waals surface area contributed by atoms with Crippen molar-refractivity contribution in [3.05, 3.63) is 35.9 Å². The lowest BCUT2D eigenvalue weighted by atomic mass is 9.99. The number of thiocarbonyl (C=S) groups is 1. The molecular weight excluding hydrogens is 276 g/mol. The van der Waals surface area contributed by atoms with E-state index >= 15 is 0 Å². The summed E-state index contributed by atoms with van der Waals surface area (Å²) in [6, 6.07) is 11.3. The molecule has 1 saturated heterocycles. The van der Waals surface area contributed by atoms with E-state index in [2.05, 4.69) is 40.5 Å². The molecule has 0 aromatic heterocycles. The van der Waals surface area contributed by atoms with Gasteiger partial charge in [0.25, 0.3) is 0 Å². The van der Waals surface area contributed by atoms with Gasteiger partial charge in [0.2, 0.25) is 0 Å². The molecule has 1 N–H and O–H groups in total. The van der Waals surface area contributed by atoms with Crippen molar-refractivity contribution in [2.24, 2.45) is 5.92 Å². The number of hydrogen-bond donors (Lipinski definition) is 1. The normalized spacial score (nSPS) is 26.7. The van der Waals surface area contributed by atoms with Gasteiger partial charge in [-0.15, -0.1) is 0 Å². The Hall–Kier alpha value is -0.930. The van der Waals surface area contributed by atoms with Crippen LogP contribution in [0.25, 0.3) is 0 Å². The second-order valence-corrected chi connectivity index (χ2v) is 6.84. The molecular formula is C18H26N2S. The Balaban J connectivity index is 1.55. The third-order valence-electron chi connectivity index (χ3n) is 4.99. The molecule has 2 nitrogen and oxygen atoms in total. The molecule has 1 aliphatic carbocycles. The van der Waals surface area contributed by atoms with Gasteiger partial charge in [-0.2, -0.15) is 0 Å². The summed E-state index contributed by atoms with van der Waals surface area (Å²) in [5.41, 5.74) is 1.31. The smallest absolute Gasteiger partial charge is 0.0803 e. The van der Waals surface area contributed by atoms with E-state index in [0.29, 0.717) is 12.0 Å². The van der Waals surface area contributed by atoms with Crippen LogP contribution < -0.4 is 5.32 Å². The highest BCUT2D eigenvalue weighted by Gasteiger charge is 2.34. The molecule has 2 atom stereocenters. The minimum absolute atomic E-state index is 0.571. The lowest BCUT2D eigenvalue weighted by molar-refractivity contribution is 0.151. The maximum atomic E-state index is 5.72. The summed E-state index contributed by atoms with van der Waals surface area (Å²) in [5.74, 6) is 0.571. The fraction of sp³-hybridized carbons (Fsp3) is 0.611. The van der Waals surface area contributed by atoms with E-state index in [1.54, 1.807) is 0 Å². The molecule has 0 amide bonds. The lowest BCUT2D eigenvalue weighted by Gasteiger charge is -2.36. The van der Waals surface area contributed by atoms with Crippen LogP contribution in [0.5, 0.6) is 0 Å². The largest absolute Gasteiger partial charge is 0.375 e. The SMILES string of the molecule is S=C(NCc1ccccc1)[C@@H]1CCC[C@H]1N1CCCCC1. The van der Waals surface area contributed by atoms with Gasteiger partial charge in [-0.1, -0.05) is 55.4 Å². The summed E-state index contributed by atoms with van der Waals surface area (Å²) in [4.78, 5) is 3.80. The van der Waals surface area contributed by atoms with E-state index in [1.165, 1.54) is 57.2 Å².